The zero-order chi connectivity index (χ0) is 8.04. The van der Waals surface area contributed by atoms with Gasteiger partial charge in [0.15, 0.2) is 0 Å². The molecule has 0 rings (SSSR count). The molecule has 0 fully saturated rings. The van der Waals surface area contributed by atoms with Crippen molar-refractivity contribution in [1.29, 1.82) is 0 Å². The van der Waals surface area contributed by atoms with Crippen molar-refractivity contribution in [3.8, 4) is 0 Å². The van der Waals surface area contributed by atoms with Crippen LogP contribution in [0.1, 0.15) is 0 Å². The van der Waals surface area contributed by atoms with E-state index in [2.05, 4.69) is 5.48 Å². The van der Waals surface area contributed by atoms with Crippen molar-refractivity contribution in [3.63, 3.8) is 0 Å². The molecule has 0 atom stereocenters. The number of rotatable bonds is 5. The van der Waals surface area contributed by atoms with Gasteiger partial charge < -0.3 is 14.8 Å². The number of hydrogen-bond acceptors (Lipinski definition) is 3. The lowest BCUT2D eigenvalue weighted by atomic mass is 10.4. The van der Waals surface area contributed by atoms with Crippen molar-refractivity contribution in [2.75, 3.05) is 40.3 Å². The van der Waals surface area contributed by atoms with Gasteiger partial charge in [-0.05, 0) is 0 Å². The second-order valence-electron chi connectivity index (χ2n) is 3.01. The number of hydroxylamine groups is 1. The first-order chi connectivity index (χ1) is 4.62. The van der Waals surface area contributed by atoms with Crippen molar-refractivity contribution < 1.29 is 14.8 Å². The van der Waals surface area contributed by atoms with Crippen LogP contribution in [0.2, 0.25) is 0 Å². The first-order valence-corrected chi connectivity index (χ1v) is 3.42. The molecule has 0 heterocycles. The van der Waals surface area contributed by atoms with E-state index in [1.54, 1.807) is 0 Å². The Labute approximate surface area is 61.6 Å². The molecule has 0 aromatic carbocycles. The van der Waals surface area contributed by atoms with Crippen LogP contribution in [0.5, 0.6) is 0 Å². The van der Waals surface area contributed by atoms with E-state index in [0.717, 1.165) is 17.6 Å². The average Bonchev–Trinajstić information content (AvgIpc) is 1.84. The Bertz CT molecular complexity index is 85.8. The van der Waals surface area contributed by atoms with Crippen LogP contribution >= 0.6 is 0 Å². The van der Waals surface area contributed by atoms with Crippen molar-refractivity contribution in [1.82, 2.24) is 5.48 Å². The Hall–Kier alpha value is -0.160. The molecule has 0 unspecified atom stereocenters. The quantitative estimate of drug-likeness (QED) is 0.348. The van der Waals surface area contributed by atoms with Gasteiger partial charge >= 0.3 is 0 Å². The molecule has 0 aliphatic heterocycles. The lowest BCUT2D eigenvalue weighted by molar-refractivity contribution is -0.889. The number of aliphatic hydroxyl groups is 1. The lowest BCUT2D eigenvalue weighted by Crippen LogP contribution is -2.45. The van der Waals surface area contributed by atoms with E-state index in [1.165, 1.54) is 0 Å². The molecule has 0 amide bonds. The van der Waals surface area contributed by atoms with Gasteiger partial charge in [-0.3, -0.25) is 0 Å². The first-order valence-electron chi connectivity index (χ1n) is 3.42. The third-order valence-electron chi connectivity index (χ3n) is 1.53. The highest BCUT2D eigenvalue weighted by atomic mass is 16.5. The van der Waals surface area contributed by atoms with Crippen LogP contribution < -0.4 is 5.48 Å². The SMILES string of the molecule is C[N+](C)(CCO)CCNO. The third kappa shape index (κ3) is 4.69. The monoisotopic (exact) mass is 149 g/mol. The number of likely N-dealkylation sites (N-methyl/N-ethyl adjacent to an activating group) is 1. The zero-order valence-corrected chi connectivity index (χ0v) is 6.67. The Morgan fingerprint density at radius 3 is 2.30 bits per heavy atom. The summed E-state index contributed by atoms with van der Waals surface area (Å²) in [5.74, 6) is 0. The number of aliphatic hydroxyl groups excluding tert-OH is 1. The van der Waals surface area contributed by atoms with E-state index in [-0.39, 0.29) is 6.61 Å². The van der Waals surface area contributed by atoms with Crippen molar-refractivity contribution >= 4 is 0 Å². The van der Waals surface area contributed by atoms with Crippen molar-refractivity contribution in [2.45, 2.75) is 0 Å². The molecule has 4 heteroatoms. The van der Waals surface area contributed by atoms with Crippen LogP contribution in [0.15, 0.2) is 0 Å². The summed E-state index contributed by atoms with van der Waals surface area (Å²) in [4.78, 5) is 0. The largest absolute Gasteiger partial charge is 0.391 e. The molecule has 0 bridgehead atoms. The number of hydrogen-bond donors (Lipinski definition) is 3. The average molecular weight is 149 g/mol. The highest BCUT2D eigenvalue weighted by Gasteiger charge is 2.11. The molecule has 0 saturated heterocycles. The molecular formula is C6H17N2O2+. The summed E-state index contributed by atoms with van der Waals surface area (Å²) in [6, 6.07) is 0. The zero-order valence-electron chi connectivity index (χ0n) is 6.67. The molecule has 0 spiro atoms. The molecular weight excluding hydrogens is 132 g/mol. The second kappa shape index (κ2) is 4.62. The van der Waals surface area contributed by atoms with Gasteiger partial charge in [0.1, 0.15) is 6.54 Å². The maximum Gasteiger partial charge on any atom is 0.102 e. The number of quaternary nitrogens is 1. The molecule has 10 heavy (non-hydrogen) atoms. The Morgan fingerprint density at radius 1 is 1.30 bits per heavy atom. The predicted octanol–water partition coefficient (Wildman–Crippen LogP) is -0.966. The van der Waals surface area contributed by atoms with Crippen LogP contribution in [0.25, 0.3) is 0 Å². The fourth-order valence-electron chi connectivity index (χ4n) is 0.735. The van der Waals surface area contributed by atoms with E-state index in [1.807, 2.05) is 14.1 Å². The first kappa shape index (κ1) is 9.84. The summed E-state index contributed by atoms with van der Waals surface area (Å²) in [6.45, 7) is 2.30. The van der Waals surface area contributed by atoms with E-state index < -0.39 is 0 Å². The molecule has 0 aliphatic carbocycles. The normalized spacial score (nSPS) is 12.0. The smallest absolute Gasteiger partial charge is 0.102 e. The molecule has 0 radical (unpaired) electrons. The van der Waals surface area contributed by atoms with E-state index in [9.17, 15) is 0 Å². The van der Waals surface area contributed by atoms with Crippen LogP contribution in [0, 0.1) is 0 Å². The van der Waals surface area contributed by atoms with E-state index in [0.29, 0.717) is 6.54 Å². The Morgan fingerprint density at radius 2 is 1.90 bits per heavy atom. The molecule has 0 saturated carbocycles. The second-order valence-corrected chi connectivity index (χ2v) is 3.01. The van der Waals surface area contributed by atoms with Crippen LogP contribution in [-0.4, -0.2) is 55.1 Å². The maximum atomic E-state index is 8.60. The fourth-order valence-corrected chi connectivity index (χ4v) is 0.735. The van der Waals surface area contributed by atoms with Crippen LogP contribution in [0.3, 0.4) is 0 Å². The highest BCUT2D eigenvalue weighted by Crippen LogP contribution is 1.92. The standard InChI is InChI=1S/C6H17N2O2/c1-8(2,5-6-9)4-3-7-10/h7,9-10H,3-6H2,1-2H3/q+1. The topological polar surface area (TPSA) is 52.5 Å². The van der Waals surface area contributed by atoms with E-state index in [4.69, 9.17) is 10.3 Å². The minimum atomic E-state index is 0.193. The fraction of sp³-hybridized carbons (Fsp3) is 1.00. The summed E-state index contributed by atoms with van der Waals surface area (Å²) in [5.41, 5.74) is 2.08. The van der Waals surface area contributed by atoms with Gasteiger partial charge in [-0.2, -0.15) is 5.48 Å². The summed E-state index contributed by atoms with van der Waals surface area (Å²) in [5, 5.41) is 16.9. The molecule has 0 aliphatic rings. The summed E-state index contributed by atoms with van der Waals surface area (Å²) < 4.78 is 0.726. The molecule has 3 N–H and O–H groups in total. The number of nitrogens with zero attached hydrogens (tertiary/aromatic N) is 1. The van der Waals surface area contributed by atoms with Gasteiger partial charge in [0.25, 0.3) is 0 Å². The lowest BCUT2D eigenvalue weighted by Gasteiger charge is -2.28. The summed E-state index contributed by atoms with van der Waals surface area (Å²) in [6.07, 6.45) is 0. The molecule has 0 aromatic rings. The highest BCUT2D eigenvalue weighted by molar-refractivity contribution is 4.34. The van der Waals surface area contributed by atoms with Gasteiger partial charge in [0.05, 0.1) is 33.8 Å². The molecule has 62 valence electrons. The van der Waals surface area contributed by atoms with Crippen molar-refractivity contribution in [3.05, 3.63) is 0 Å². The van der Waals surface area contributed by atoms with Crippen LogP contribution in [0.4, 0.5) is 0 Å². The predicted molar refractivity (Wildman–Crippen MR) is 38.7 cm³/mol. The van der Waals surface area contributed by atoms with Gasteiger partial charge in [0.2, 0.25) is 0 Å². The van der Waals surface area contributed by atoms with Gasteiger partial charge in [-0.25, -0.2) is 0 Å². The third-order valence-corrected chi connectivity index (χ3v) is 1.53. The van der Waals surface area contributed by atoms with Crippen LogP contribution in [-0.2, 0) is 0 Å². The van der Waals surface area contributed by atoms with Crippen molar-refractivity contribution in [2.24, 2.45) is 0 Å². The minimum absolute atomic E-state index is 0.193. The van der Waals surface area contributed by atoms with Gasteiger partial charge in [-0.15, -0.1) is 0 Å². The molecule has 0 aromatic heterocycles. The van der Waals surface area contributed by atoms with Gasteiger partial charge in [-0.1, -0.05) is 0 Å². The molecule has 4 nitrogen and oxygen atoms in total. The Kier molecular flexibility index (Phi) is 4.55. The van der Waals surface area contributed by atoms with Gasteiger partial charge in [0, 0.05) is 0 Å². The Balaban J connectivity index is 3.42. The minimum Gasteiger partial charge on any atom is -0.391 e. The number of nitrogens with one attached hydrogen (secondary N) is 1. The maximum absolute atomic E-state index is 8.60. The summed E-state index contributed by atoms with van der Waals surface area (Å²) in [7, 11) is 4.01. The summed E-state index contributed by atoms with van der Waals surface area (Å²) >= 11 is 0. The van der Waals surface area contributed by atoms with E-state index >= 15 is 0 Å².